The normalized spacial score (nSPS) is 10.8. The van der Waals surface area contributed by atoms with Crippen molar-refractivity contribution in [2.45, 2.75) is 17.0 Å². The van der Waals surface area contributed by atoms with Gasteiger partial charge in [0, 0.05) is 16.7 Å². The van der Waals surface area contributed by atoms with Crippen molar-refractivity contribution in [3.63, 3.8) is 0 Å². The summed E-state index contributed by atoms with van der Waals surface area (Å²) in [7, 11) is 0. The zero-order chi connectivity index (χ0) is 13.2. The number of nitrogens with two attached hydrogens (primary N) is 1. The highest BCUT2D eigenvalue weighted by Gasteiger charge is 2.04. The standard InChI is InChI=1S/C15H13N3S/c1-10-9-17-15(18-14(10)16)19-13-7-6-11-4-2-3-5-12(11)8-13/h2-9H,1H3,(H2,16,17,18). The average molecular weight is 267 g/mol. The molecular weight excluding hydrogens is 254 g/mol. The van der Waals surface area contributed by atoms with Crippen LogP contribution in [0, 0.1) is 6.92 Å². The van der Waals surface area contributed by atoms with E-state index in [-0.39, 0.29) is 0 Å². The van der Waals surface area contributed by atoms with Gasteiger partial charge in [-0.1, -0.05) is 30.3 Å². The molecule has 4 heteroatoms. The molecule has 0 unspecified atom stereocenters. The van der Waals surface area contributed by atoms with E-state index in [9.17, 15) is 0 Å². The highest BCUT2D eigenvalue weighted by molar-refractivity contribution is 7.99. The molecular formula is C15H13N3S. The first-order chi connectivity index (χ1) is 9.22. The Morgan fingerprint density at radius 3 is 2.63 bits per heavy atom. The zero-order valence-corrected chi connectivity index (χ0v) is 11.3. The number of rotatable bonds is 2. The van der Waals surface area contributed by atoms with Gasteiger partial charge in [-0.2, -0.15) is 0 Å². The van der Waals surface area contributed by atoms with Crippen LogP contribution in [0.2, 0.25) is 0 Å². The highest BCUT2D eigenvalue weighted by atomic mass is 32.2. The highest BCUT2D eigenvalue weighted by Crippen LogP contribution is 2.28. The number of aromatic nitrogens is 2. The fourth-order valence-electron chi connectivity index (χ4n) is 1.82. The maximum Gasteiger partial charge on any atom is 0.194 e. The molecule has 0 aliphatic rings. The van der Waals surface area contributed by atoms with E-state index < -0.39 is 0 Å². The molecule has 0 spiro atoms. The third-order valence-electron chi connectivity index (χ3n) is 2.92. The van der Waals surface area contributed by atoms with Gasteiger partial charge in [0.15, 0.2) is 5.16 Å². The summed E-state index contributed by atoms with van der Waals surface area (Å²) in [4.78, 5) is 9.68. The molecule has 3 aromatic rings. The van der Waals surface area contributed by atoms with Crippen molar-refractivity contribution in [1.82, 2.24) is 9.97 Å². The van der Waals surface area contributed by atoms with Crippen LogP contribution in [0.25, 0.3) is 10.8 Å². The van der Waals surface area contributed by atoms with Crippen molar-refractivity contribution < 1.29 is 0 Å². The molecule has 3 rings (SSSR count). The number of nitrogens with zero attached hydrogens (tertiary/aromatic N) is 2. The van der Waals surface area contributed by atoms with E-state index in [1.165, 1.54) is 22.5 Å². The van der Waals surface area contributed by atoms with Crippen LogP contribution in [0.3, 0.4) is 0 Å². The maximum absolute atomic E-state index is 5.80. The van der Waals surface area contributed by atoms with Crippen molar-refractivity contribution >= 4 is 28.4 Å². The summed E-state index contributed by atoms with van der Waals surface area (Å²) >= 11 is 1.52. The van der Waals surface area contributed by atoms with E-state index in [0.717, 1.165) is 10.5 Å². The monoisotopic (exact) mass is 267 g/mol. The first kappa shape index (κ1) is 12.0. The van der Waals surface area contributed by atoms with E-state index >= 15 is 0 Å². The second-order valence-electron chi connectivity index (χ2n) is 4.33. The van der Waals surface area contributed by atoms with Gasteiger partial charge in [0.25, 0.3) is 0 Å². The summed E-state index contributed by atoms with van der Waals surface area (Å²) in [5.41, 5.74) is 6.71. The summed E-state index contributed by atoms with van der Waals surface area (Å²) in [5.74, 6) is 0.540. The number of hydrogen-bond donors (Lipinski definition) is 1. The van der Waals surface area contributed by atoms with Gasteiger partial charge in [0.05, 0.1) is 0 Å². The molecule has 0 saturated carbocycles. The molecule has 0 amide bonds. The molecule has 1 aromatic heterocycles. The number of aryl methyl sites for hydroxylation is 1. The molecule has 0 bridgehead atoms. The molecule has 0 atom stereocenters. The van der Waals surface area contributed by atoms with Gasteiger partial charge >= 0.3 is 0 Å². The number of fused-ring (bicyclic) bond motifs is 1. The average Bonchev–Trinajstić information content (AvgIpc) is 2.43. The summed E-state index contributed by atoms with van der Waals surface area (Å²) in [6, 6.07) is 14.6. The van der Waals surface area contributed by atoms with Crippen molar-refractivity contribution in [2.75, 3.05) is 5.73 Å². The van der Waals surface area contributed by atoms with Crippen LogP contribution in [-0.4, -0.2) is 9.97 Å². The first-order valence-corrected chi connectivity index (χ1v) is 6.80. The van der Waals surface area contributed by atoms with Crippen LogP contribution in [0.1, 0.15) is 5.56 Å². The van der Waals surface area contributed by atoms with E-state index in [4.69, 9.17) is 5.73 Å². The van der Waals surface area contributed by atoms with Gasteiger partial charge in [-0.15, -0.1) is 0 Å². The minimum Gasteiger partial charge on any atom is -0.383 e. The Bertz CT molecular complexity index is 740. The van der Waals surface area contributed by atoms with Crippen molar-refractivity contribution in [3.05, 3.63) is 54.2 Å². The number of nitrogen functional groups attached to an aromatic ring is 1. The second-order valence-corrected chi connectivity index (χ2v) is 5.37. The summed E-state index contributed by atoms with van der Waals surface area (Å²) in [6.07, 6.45) is 1.76. The van der Waals surface area contributed by atoms with Gasteiger partial charge in [-0.25, -0.2) is 9.97 Å². The number of hydrogen-bond acceptors (Lipinski definition) is 4. The van der Waals surface area contributed by atoms with E-state index in [1.54, 1.807) is 6.20 Å². The third kappa shape index (κ3) is 2.53. The third-order valence-corrected chi connectivity index (χ3v) is 3.79. The Morgan fingerprint density at radius 1 is 1.05 bits per heavy atom. The molecule has 0 fully saturated rings. The smallest absolute Gasteiger partial charge is 0.194 e. The Morgan fingerprint density at radius 2 is 1.84 bits per heavy atom. The van der Waals surface area contributed by atoms with E-state index in [0.29, 0.717) is 11.0 Å². The molecule has 0 aliphatic heterocycles. The van der Waals surface area contributed by atoms with Crippen molar-refractivity contribution in [3.8, 4) is 0 Å². The Balaban J connectivity index is 1.94. The fourth-order valence-corrected chi connectivity index (χ4v) is 2.61. The minimum absolute atomic E-state index is 0.540. The summed E-state index contributed by atoms with van der Waals surface area (Å²) in [6.45, 7) is 1.90. The first-order valence-electron chi connectivity index (χ1n) is 5.98. The molecule has 1 heterocycles. The van der Waals surface area contributed by atoms with Crippen LogP contribution in [0.15, 0.2) is 58.7 Å². The lowest BCUT2D eigenvalue weighted by Gasteiger charge is -2.04. The summed E-state index contributed by atoms with van der Waals surface area (Å²) in [5, 5.41) is 3.13. The second kappa shape index (κ2) is 4.90. The topological polar surface area (TPSA) is 51.8 Å². The predicted octanol–water partition coefficient (Wildman–Crippen LogP) is 3.67. The molecule has 0 radical (unpaired) electrons. The van der Waals surface area contributed by atoms with Crippen LogP contribution in [-0.2, 0) is 0 Å². The van der Waals surface area contributed by atoms with E-state index in [1.807, 2.05) is 19.1 Å². The quantitative estimate of drug-likeness (QED) is 0.720. The molecule has 3 nitrogen and oxygen atoms in total. The predicted molar refractivity (Wildman–Crippen MR) is 79.3 cm³/mol. The molecule has 0 saturated heterocycles. The maximum atomic E-state index is 5.80. The van der Waals surface area contributed by atoms with Crippen LogP contribution in [0.5, 0.6) is 0 Å². The van der Waals surface area contributed by atoms with Gasteiger partial charge in [0.2, 0.25) is 0 Å². The molecule has 94 valence electrons. The SMILES string of the molecule is Cc1cnc(Sc2ccc3ccccc3c2)nc1N. The summed E-state index contributed by atoms with van der Waals surface area (Å²) < 4.78 is 0. The van der Waals surface area contributed by atoms with Gasteiger partial charge in [0.1, 0.15) is 5.82 Å². The molecule has 0 aliphatic carbocycles. The lowest BCUT2D eigenvalue weighted by molar-refractivity contribution is 0.960. The minimum atomic E-state index is 0.540. The van der Waals surface area contributed by atoms with Crippen LogP contribution in [0.4, 0.5) is 5.82 Å². The number of anilines is 1. The van der Waals surface area contributed by atoms with Gasteiger partial charge < -0.3 is 5.73 Å². The Labute approximate surface area is 115 Å². The van der Waals surface area contributed by atoms with Crippen LogP contribution < -0.4 is 5.73 Å². The van der Waals surface area contributed by atoms with Crippen molar-refractivity contribution in [1.29, 1.82) is 0 Å². The lowest BCUT2D eigenvalue weighted by atomic mass is 10.1. The van der Waals surface area contributed by atoms with Gasteiger partial charge in [-0.05, 0) is 41.6 Å². The largest absolute Gasteiger partial charge is 0.383 e. The zero-order valence-electron chi connectivity index (χ0n) is 10.5. The lowest BCUT2D eigenvalue weighted by Crippen LogP contribution is -1.97. The molecule has 2 N–H and O–H groups in total. The van der Waals surface area contributed by atoms with Crippen molar-refractivity contribution in [2.24, 2.45) is 0 Å². The van der Waals surface area contributed by atoms with Crippen LogP contribution >= 0.6 is 11.8 Å². The number of benzene rings is 2. The molecule has 2 aromatic carbocycles. The van der Waals surface area contributed by atoms with E-state index in [2.05, 4.69) is 40.3 Å². The van der Waals surface area contributed by atoms with Gasteiger partial charge in [-0.3, -0.25) is 0 Å². The Kier molecular flexibility index (Phi) is 3.09. The Hall–Kier alpha value is -2.07. The fraction of sp³-hybridized carbons (Fsp3) is 0.0667. The molecule has 19 heavy (non-hydrogen) atoms.